The fourth-order valence-corrected chi connectivity index (χ4v) is 3.74. The number of hydrogen-bond acceptors (Lipinski definition) is 2. The molecule has 1 nitrogen and oxygen atoms in total. The normalized spacial score (nSPS) is 26.7. The van der Waals surface area contributed by atoms with Crippen molar-refractivity contribution >= 4 is 33.0 Å². The highest BCUT2D eigenvalue weighted by atomic mass is 79.9. The molecule has 1 heterocycles. The highest BCUT2D eigenvalue weighted by Gasteiger charge is 2.31. The summed E-state index contributed by atoms with van der Waals surface area (Å²) >= 11 is 4.97. The van der Waals surface area contributed by atoms with Crippen molar-refractivity contribution < 1.29 is 4.79 Å². The minimum Gasteiger partial charge on any atom is -0.293 e. The molecule has 0 saturated heterocycles. The van der Waals surface area contributed by atoms with E-state index in [0.717, 1.165) is 15.8 Å². The first-order valence-corrected chi connectivity index (χ1v) is 6.64. The molecular weight excluding hydrogens is 260 g/mol. The molecule has 1 aliphatic carbocycles. The first-order chi connectivity index (χ1) is 6.70. The van der Waals surface area contributed by atoms with Crippen molar-refractivity contribution in [3.8, 4) is 0 Å². The molecule has 0 radical (unpaired) electrons. The van der Waals surface area contributed by atoms with E-state index in [-0.39, 0.29) is 5.92 Å². The van der Waals surface area contributed by atoms with Crippen LogP contribution in [-0.2, 0) is 0 Å². The van der Waals surface area contributed by atoms with Crippen LogP contribution in [0, 0.1) is 11.8 Å². The zero-order valence-electron chi connectivity index (χ0n) is 8.13. The Bertz CT molecular complexity index is 345. The summed E-state index contributed by atoms with van der Waals surface area (Å²) in [5.41, 5.74) is 0. The molecule has 0 spiro atoms. The van der Waals surface area contributed by atoms with Gasteiger partial charge in [-0.25, -0.2) is 0 Å². The van der Waals surface area contributed by atoms with Crippen molar-refractivity contribution in [1.29, 1.82) is 0 Å². The number of carbonyl (C=O) groups excluding carboxylic acids is 1. The van der Waals surface area contributed by atoms with E-state index in [4.69, 9.17) is 0 Å². The van der Waals surface area contributed by atoms with E-state index in [1.165, 1.54) is 12.8 Å². The van der Waals surface area contributed by atoms with Gasteiger partial charge in [-0.05, 0) is 46.1 Å². The van der Waals surface area contributed by atoms with Crippen molar-refractivity contribution in [2.24, 2.45) is 11.8 Å². The van der Waals surface area contributed by atoms with Gasteiger partial charge in [-0.15, -0.1) is 11.3 Å². The summed E-state index contributed by atoms with van der Waals surface area (Å²) in [5.74, 6) is 1.18. The van der Waals surface area contributed by atoms with Crippen molar-refractivity contribution in [3.63, 3.8) is 0 Å². The molecule has 2 unspecified atom stereocenters. The van der Waals surface area contributed by atoms with Gasteiger partial charge in [0.15, 0.2) is 5.78 Å². The summed E-state index contributed by atoms with van der Waals surface area (Å²) in [6, 6.07) is 1.96. The Labute approximate surface area is 96.6 Å². The Kier molecular flexibility index (Phi) is 3.07. The van der Waals surface area contributed by atoms with Crippen LogP contribution in [0.3, 0.4) is 0 Å². The van der Waals surface area contributed by atoms with Crippen molar-refractivity contribution in [3.05, 3.63) is 20.8 Å². The summed E-state index contributed by atoms with van der Waals surface area (Å²) in [4.78, 5) is 13.0. The van der Waals surface area contributed by atoms with Crippen molar-refractivity contribution in [1.82, 2.24) is 0 Å². The second-order valence-corrected chi connectivity index (χ2v) is 5.75. The molecule has 3 heteroatoms. The van der Waals surface area contributed by atoms with Crippen molar-refractivity contribution in [2.75, 3.05) is 0 Å². The second kappa shape index (κ2) is 4.15. The Morgan fingerprint density at radius 3 is 2.86 bits per heavy atom. The third kappa shape index (κ3) is 1.80. The number of rotatable bonds is 2. The number of ketones is 1. The molecule has 2 atom stereocenters. The number of halogens is 1. The van der Waals surface area contributed by atoms with Crippen LogP contribution in [-0.4, -0.2) is 5.78 Å². The molecule has 0 amide bonds. The van der Waals surface area contributed by atoms with Crippen LogP contribution in [0.25, 0.3) is 0 Å². The first-order valence-electron chi connectivity index (χ1n) is 4.97. The third-order valence-corrected chi connectivity index (χ3v) is 4.89. The average Bonchev–Trinajstić information content (AvgIpc) is 2.73. The molecule has 0 aromatic carbocycles. The van der Waals surface area contributed by atoms with Crippen LogP contribution in [0.1, 0.15) is 35.9 Å². The minimum absolute atomic E-state index is 0.268. The maximum Gasteiger partial charge on any atom is 0.177 e. The van der Waals surface area contributed by atoms with Crippen LogP contribution in [0.4, 0.5) is 0 Å². The lowest BCUT2D eigenvalue weighted by atomic mass is 9.93. The monoisotopic (exact) mass is 272 g/mol. The number of hydrogen-bond donors (Lipinski definition) is 0. The summed E-state index contributed by atoms with van der Waals surface area (Å²) in [6.45, 7) is 2.19. The number of carbonyl (C=O) groups is 1. The highest BCUT2D eigenvalue weighted by molar-refractivity contribution is 9.10. The molecular formula is C11H13BrOS. The molecule has 2 rings (SSSR count). The van der Waals surface area contributed by atoms with Gasteiger partial charge >= 0.3 is 0 Å². The van der Waals surface area contributed by atoms with E-state index in [0.29, 0.717) is 11.7 Å². The molecule has 76 valence electrons. The molecule has 1 aromatic heterocycles. The van der Waals surface area contributed by atoms with Crippen molar-refractivity contribution in [2.45, 2.75) is 26.2 Å². The van der Waals surface area contributed by atoms with Gasteiger partial charge in [0, 0.05) is 10.4 Å². The zero-order valence-corrected chi connectivity index (χ0v) is 10.5. The minimum atomic E-state index is 0.268. The maximum absolute atomic E-state index is 12.1. The van der Waals surface area contributed by atoms with Crippen LogP contribution < -0.4 is 0 Å². The van der Waals surface area contributed by atoms with Crippen LogP contribution >= 0.6 is 27.3 Å². The van der Waals surface area contributed by atoms with E-state index in [1.54, 1.807) is 11.3 Å². The predicted octanol–water partition coefficient (Wildman–Crippen LogP) is 4.13. The average molecular weight is 273 g/mol. The SMILES string of the molecule is CC1CCCC1C(=O)c1sccc1Br. The second-order valence-electron chi connectivity index (χ2n) is 3.98. The maximum atomic E-state index is 12.1. The first kappa shape index (κ1) is 10.4. The lowest BCUT2D eigenvalue weighted by Gasteiger charge is -2.12. The summed E-state index contributed by atoms with van der Waals surface area (Å²) in [6.07, 6.45) is 3.49. The molecule has 0 N–H and O–H groups in total. The van der Waals surface area contributed by atoms with Gasteiger partial charge in [-0.1, -0.05) is 13.3 Å². The van der Waals surface area contributed by atoms with Crippen LogP contribution in [0.2, 0.25) is 0 Å². The van der Waals surface area contributed by atoms with Gasteiger partial charge in [0.05, 0.1) is 4.88 Å². The van der Waals surface area contributed by atoms with E-state index in [1.807, 2.05) is 11.4 Å². The molecule has 1 aliphatic rings. The van der Waals surface area contributed by atoms with Crippen LogP contribution in [0.5, 0.6) is 0 Å². The lowest BCUT2D eigenvalue weighted by molar-refractivity contribution is 0.0900. The fraction of sp³-hybridized carbons (Fsp3) is 0.545. The fourth-order valence-electron chi connectivity index (χ4n) is 2.17. The van der Waals surface area contributed by atoms with E-state index < -0.39 is 0 Å². The molecule has 1 fully saturated rings. The highest BCUT2D eigenvalue weighted by Crippen LogP contribution is 2.36. The van der Waals surface area contributed by atoms with Gasteiger partial charge in [-0.2, -0.15) is 0 Å². The molecule has 0 aliphatic heterocycles. The molecule has 1 saturated carbocycles. The Morgan fingerprint density at radius 2 is 2.36 bits per heavy atom. The van der Waals surface area contributed by atoms with E-state index in [9.17, 15) is 4.79 Å². The van der Waals surface area contributed by atoms with Gasteiger partial charge in [0.2, 0.25) is 0 Å². The summed E-state index contributed by atoms with van der Waals surface area (Å²) < 4.78 is 0.964. The lowest BCUT2D eigenvalue weighted by Crippen LogP contribution is -2.16. The quantitative estimate of drug-likeness (QED) is 0.740. The molecule has 14 heavy (non-hydrogen) atoms. The Morgan fingerprint density at radius 1 is 1.57 bits per heavy atom. The summed E-state index contributed by atoms with van der Waals surface area (Å²) in [7, 11) is 0. The molecule has 0 bridgehead atoms. The predicted molar refractivity (Wildman–Crippen MR) is 62.9 cm³/mol. The number of thiophene rings is 1. The van der Waals surface area contributed by atoms with E-state index >= 15 is 0 Å². The standard InChI is InChI=1S/C11H13BrOS/c1-7-3-2-4-8(7)10(13)11-9(12)5-6-14-11/h5-8H,2-4H2,1H3. The largest absolute Gasteiger partial charge is 0.293 e. The summed E-state index contributed by atoms with van der Waals surface area (Å²) in [5, 5.41) is 1.97. The van der Waals surface area contributed by atoms with Crippen LogP contribution in [0.15, 0.2) is 15.9 Å². The Balaban J connectivity index is 2.20. The number of Topliss-reactive ketones (excluding diaryl/α,β-unsaturated/α-hetero) is 1. The van der Waals surface area contributed by atoms with Gasteiger partial charge < -0.3 is 0 Å². The Hall–Kier alpha value is -0.150. The van der Waals surface area contributed by atoms with Gasteiger partial charge in [0.25, 0.3) is 0 Å². The topological polar surface area (TPSA) is 17.1 Å². The van der Waals surface area contributed by atoms with Gasteiger partial charge in [-0.3, -0.25) is 4.79 Å². The zero-order chi connectivity index (χ0) is 10.1. The third-order valence-electron chi connectivity index (χ3n) is 3.04. The van der Waals surface area contributed by atoms with Gasteiger partial charge in [0.1, 0.15) is 0 Å². The molecule has 1 aromatic rings. The van der Waals surface area contributed by atoms with E-state index in [2.05, 4.69) is 22.9 Å². The smallest absolute Gasteiger partial charge is 0.177 e.